The molecule has 1 heterocycles. The van der Waals surface area contributed by atoms with Crippen LogP contribution in [0.2, 0.25) is 0 Å². The second kappa shape index (κ2) is 8.18. The number of nitro groups is 1. The molecule has 2 amide bonds. The molecule has 6 nitrogen and oxygen atoms in total. The summed E-state index contributed by atoms with van der Waals surface area (Å²) in [5.41, 5.74) is 0.757. The van der Waals surface area contributed by atoms with Crippen LogP contribution < -0.4 is 0 Å². The first kappa shape index (κ1) is 18.8. The number of non-ortho nitro benzene ring substituents is 1. The number of amides is 2. The summed E-state index contributed by atoms with van der Waals surface area (Å²) in [6, 6.07) is 15.1. The number of carbonyl (C=O) groups is 2. The van der Waals surface area contributed by atoms with Gasteiger partial charge in [0.05, 0.1) is 15.4 Å². The zero-order valence-corrected chi connectivity index (χ0v) is 15.6. The van der Waals surface area contributed by atoms with Gasteiger partial charge in [-0.1, -0.05) is 43.3 Å². The molecule has 1 aliphatic rings. The van der Waals surface area contributed by atoms with Crippen LogP contribution in [0.15, 0.2) is 64.4 Å². The molecule has 138 valence electrons. The maximum Gasteiger partial charge on any atom is 0.269 e. The summed E-state index contributed by atoms with van der Waals surface area (Å²) in [7, 11) is 0. The van der Waals surface area contributed by atoms with Crippen molar-refractivity contribution in [2.45, 2.75) is 24.7 Å². The standard InChI is InChI=1S/C20H18N2O4S/c1-2-3-13-21-19(23)17(14-9-11-15(12-10-14)22(25)26)18(20(21)24)27-16-7-5-4-6-8-16/h4-12H,2-3,13H2,1H3. The van der Waals surface area contributed by atoms with Gasteiger partial charge in [0.2, 0.25) is 0 Å². The molecule has 7 heteroatoms. The quantitative estimate of drug-likeness (QED) is 0.406. The largest absolute Gasteiger partial charge is 0.274 e. The number of unbranched alkanes of at least 4 members (excludes halogenated alkanes) is 1. The number of thioether (sulfide) groups is 1. The van der Waals surface area contributed by atoms with E-state index >= 15 is 0 Å². The first-order valence-electron chi connectivity index (χ1n) is 8.61. The number of nitro benzene ring substituents is 1. The Balaban J connectivity index is 2.02. The molecule has 27 heavy (non-hydrogen) atoms. The molecule has 0 atom stereocenters. The number of hydrogen-bond donors (Lipinski definition) is 0. The van der Waals surface area contributed by atoms with E-state index in [0.717, 1.165) is 17.7 Å². The highest BCUT2D eigenvalue weighted by molar-refractivity contribution is 8.04. The summed E-state index contributed by atoms with van der Waals surface area (Å²) >= 11 is 1.25. The molecule has 0 spiro atoms. The van der Waals surface area contributed by atoms with Crippen LogP contribution >= 0.6 is 11.8 Å². The van der Waals surface area contributed by atoms with Crippen molar-refractivity contribution in [2.75, 3.05) is 6.54 Å². The normalized spacial score (nSPS) is 14.2. The second-order valence-electron chi connectivity index (χ2n) is 6.04. The van der Waals surface area contributed by atoms with Gasteiger partial charge in [0.15, 0.2) is 0 Å². The molecule has 0 saturated carbocycles. The van der Waals surface area contributed by atoms with E-state index in [4.69, 9.17) is 0 Å². The Labute approximate surface area is 161 Å². The molecule has 0 bridgehead atoms. The van der Waals surface area contributed by atoms with Crippen molar-refractivity contribution in [3.63, 3.8) is 0 Å². The van der Waals surface area contributed by atoms with Crippen molar-refractivity contribution >= 4 is 34.8 Å². The van der Waals surface area contributed by atoms with E-state index in [0.29, 0.717) is 22.6 Å². The molecule has 2 aromatic carbocycles. The number of rotatable bonds is 7. The van der Waals surface area contributed by atoms with E-state index in [2.05, 4.69) is 0 Å². The summed E-state index contributed by atoms with van der Waals surface area (Å²) in [6.45, 7) is 2.36. The molecule has 0 aromatic heterocycles. The number of hydrogen-bond acceptors (Lipinski definition) is 5. The molecule has 0 unspecified atom stereocenters. The topological polar surface area (TPSA) is 80.5 Å². The lowest BCUT2D eigenvalue weighted by molar-refractivity contribution is -0.384. The average molecular weight is 382 g/mol. The molecule has 0 aliphatic carbocycles. The van der Waals surface area contributed by atoms with E-state index < -0.39 is 4.92 Å². The number of imide groups is 1. The molecule has 0 N–H and O–H groups in total. The Morgan fingerprint density at radius 1 is 1.00 bits per heavy atom. The molecular weight excluding hydrogens is 364 g/mol. The minimum Gasteiger partial charge on any atom is -0.274 e. The van der Waals surface area contributed by atoms with Crippen molar-refractivity contribution < 1.29 is 14.5 Å². The number of carbonyl (C=O) groups excluding carboxylic acids is 2. The van der Waals surface area contributed by atoms with E-state index in [-0.39, 0.29) is 17.5 Å². The third kappa shape index (κ3) is 3.93. The summed E-state index contributed by atoms with van der Waals surface area (Å²) < 4.78 is 0. The van der Waals surface area contributed by atoms with E-state index in [1.54, 1.807) is 0 Å². The van der Waals surface area contributed by atoms with Crippen molar-refractivity contribution in [2.24, 2.45) is 0 Å². The SMILES string of the molecule is CCCCN1C(=O)C(Sc2ccccc2)=C(c2ccc([N+](=O)[O-])cc2)C1=O. The zero-order chi connectivity index (χ0) is 19.4. The summed E-state index contributed by atoms with van der Waals surface area (Å²) in [5, 5.41) is 10.9. The van der Waals surface area contributed by atoms with Crippen LogP contribution in [0.5, 0.6) is 0 Å². The van der Waals surface area contributed by atoms with E-state index in [1.807, 2.05) is 37.3 Å². The minimum atomic E-state index is -0.493. The molecule has 3 rings (SSSR count). The van der Waals surface area contributed by atoms with Gasteiger partial charge in [0.25, 0.3) is 17.5 Å². The van der Waals surface area contributed by atoms with Gasteiger partial charge >= 0.3 is 0 Å². The second-order valence-corrected chi connectivity index (χ2v) is 7.12. The van der Waals surface area contributed by atoms with Crippen LogP contribution in [0, 0.1) is 10.1 Å². The van der Waals surface area contributed by atoms with E-state index in [1.165, 1.54) is 40.9 Å². The average Bonchev–Trinajstić information content (AvgIpc) is 2.91. The van der Waals surface area contributed by atoms with Crippen LogP contribution in [-0.2, 0) is 9.59 Å². The molecule has 0 radical (unpaired) electrons. The fourth-order valence-corrected chi connectivity index (χ4v) is 3.81. The van der Waals surface area contributed by atoms with Crippen LogP contribution in [-0.4, -0.2) is 28.2 Å². The minimum absolute atomic E-state index is 0.0591. The van der Waals surface area contributed by atoms with Crippen molar-refractivity contribution in [1.29, 1.82) is 0 Å². The fourth-order valence-electron chi connectivity index (χ4n) is 2.78. The lowest BCUT2D eigenvalue weighted by Crippen LogP contribution is -2.32. The fraction of sp³-hybridized carbons (Fsp3) is 0.200. The maximum atomic E-state index is 12.9. The molecule has 0 fully saturated rings. The van der Waals surface area contributed by atoms with Gasteiger partial charge in [-0.05, 0) is 36.2 Å². The number of benzene rings is 2. The highest BCUT2D eigenvalue weighted by Crippen LogP contribution is 2.39. The lowest BCUT2D eigenvalue weighted by Gasteiger charge is -2.14. The van der Waals surface area contributed by atoms with Crippen molar-refractivity contribution in [3.8, 4) is 0 Å². The Morgan fingerprint density at radius 3 is 2.26 bits per heavy atom. The Kier molecular flexibility index (Phi) is 5.71. The monoisotopic (exact) mass is 382 g/mol. The van der Waals surface area contributed by atoms with Gasteiger partial charge < -0.3 is 0 Å². The van der Waals surface area contributed by atoms with Crippen LogP contribution in [0.25, 0.3) is 5.57 Å². The van der Waals surface area contributed by atoms with Crippen molar-refractivity contribution in [3.05, 3.63) is 75.2 Å². The summed E-state index contributed by atoms with van der Waals surface area (Å²) in [4.78, 5) is 38.7. The Morgan fingerprint density at radius 2 is 1.67 bits per heavy atom. The van der Waals surface area contributed by atoms with Gasteiger partial charge in [0.1, 0.15) is 0 Å². The van der Waals surface area contributed by atoms with Gasteiger partial charge in [0, 0.05) is 23.6 Å². The third-order valence-corrected chi connectivity index (χ3v) is 5.28. The zero-order valence-electron chi connectivity index (χ0n) is 14.8. The first-order chi connectivity index (χ1) is 13.0. The first-order valence-corrected chi connectivity index (χ1v) is 9.42. The molecule has 1 aliphatic heterocycles. The van der Waals surface area contributed by atoms with Gasteiger partial charge in [-0.15, -0.1) is 0 Å². The van der Waals surface area contributed by atoms with Gasteiger partial charge in [-0.25, -0.2) is 0 Å². The van der Waals surface area contributed by atoms with Gasteiger partial charge in [-0.2, -0.15) is 0 Å². The van der Waals surface area contributed by atoms with E-state index in [9.17, 15) is 19.7 Å². The predicted molar refractivity (Wildman–Crippen MR) is 104 cm³/mol. The third-order valence-electron chi connectivity index (χ3n) is 4.19. The lowest BCUT2D eigenvalue weighted by atomic mass is 10.1. The molecule has 2 aromatic rings. The Hall–Kier alpha value is -2.93. The van der Waals surface area contributed by atoms with Gasteiger partial charge in [-0.3, -0.25) is 24.6 Å². The van der Waals surface area contributed by atoms with Crippen LogP contribution in [0.1, 0.15) is 25.3 Å². The molecule has 0 saturated heterocycles. The highest BCUT2D eigenvalue weighted by Gasteiger charge is 2.39. The smallest absolute Gasteiger partial charge is 0.269 e. The molecular formula is C20H18N2O4S. The maximum absolute atomic E-state index is 12.9. The predicted octanol–water partition coefficient (Wildman–Crippen LogP) is 4.27. The highest BCUT2D eigenvalue weighted by atomic mass is 32.2. The Bertz CT molecular complexity index is 907. The van der Waals surface area contributed by atoms with Crippen molar-refractivity contribution in [1.82, 2.24) is 4.90 Å². The number of nitrogens with zero attached hydrogens (tertiary/aromatic N) is 2. The summed E-state index contributed by atoms with van der Waals surface area (Å²) in [5.74, 6) is -0.656. The van der Waals surface area contributed by atoms with Crippen LogP contribution in [0.3, 0.4) is 0 Å². The summed E-state index contributed by atoms with van der Waals surface area (Å²) in [6.07, 6.45) is 1.60. The van der Waals surface area contributed by atoms with Crippen LogP contribution in [0.4, 0.5) is 5.69 Å².